The van der Waals surface area contributed by atoms with E-state index < -0.39 is 0 Å². The van der Waals surface area contributed by atoms with Crippen LogP contribution in [0.5, 0.6) is 0 Å². The molecule has 0 spiro atoms. The van der Waals surface area contributed by atoms with Crippen LogP contribution in [0.25, 0.3) is 0 Å². The Bertz CT molecular complexity index is 415. The molecule has 0 aliphatic heterocycles. The van der Waals surface area contributed by atoms with Crippen LogP contribution in [0, 0.1) is 17.7 Å². The first-order valence-corrected chi connectivity index (χ1v) is 8.11. The lowest BCUT2D eigenvalue weighted by Gasteiger charge is -2.27. The monoisotopic (exact) mass is 294 g/mol. The van der Waals surface area contributed by atoms with Crippen molar-refractivity contribution in [2.75, 3.05) is 18.0 Å². The number of hydrogen-bond donors (Lipinski definition) is 1. The molecule has 0 aromatic heterocycles. The molecule has 120 valence electrons. The van der Waals surface area contributed by atoms with Crippen LogP contribution in [0.1, 0.15) is 59.1 Å². The molecule has 0 saturated carbocycles. The van der Waals surface area contributed by atoms with E-state index in [4.69, 9.17) is 5.73 Å². The largest absolute Gasteiger partial charge is 0.369 e. The molecule has 0 bridgehead atoms. The third kappa shape index (κ3) is 6.04. The summed E-state index contributed by atoms with van der Waals surface area (Å²) in [5.74, 6) is 1.09. The van der Waals surface area contributed by atoms with Crippen LogP contribution < -0.4 is 10.6 Å². The molecule has 0 saturated heterocycles. The smallest absolute Gasteiger partial charge is 0.146 e. The fraction of sp³-hybridized carbons (Fsp3) is 0.667. The second-order valence-corrected chi connectivity index (χ2v) is 6.85. The van der Waals surface area contributed by atoms with E-state index >= 15 is 0 Å². The minimum absolute atomic E-state index is 0.131. The molecule has 0 amide bonds. The van der Waals surface area contributed by atoms with Gasteiger partial charge in [0.15, 0.2) is 0 Å². The lowest BCUT2D eigenvalue weighted by atomic mass is 10.1. The fourth-order valence-corrected chi connectivity index (χ4v) is 2.24. The molecule has 3 heteroatoms. The zero-order chi connectivity index (χ0) is 16.0. The van der Waals surface area contributed by atoms with E-state index in [2.05, 4.69) is 32.6 Å². The van der Waals surface area contributed by atoms with Gasteiger partial charge in [-0.25, -0.2) is 4.39 Å². The van der Waals surface area contributed by atoms with Crippen molar-refractivity contribution < 1.29 is 4.39 Å². The van der Waals surface area contributed by atoms with E-state index in [1.54, 1.807) is 6.07 Å². The van der Waals surface area contributed by atoms with Crippen molar-refractivity contribution in [3.05, 3.63) is 29.6 Å². The standard InChI is InChI=1S/C18H31FN2/c1-13(2)8-10-21(11-9-14(3)4)18-7-6-16(15(5)20)12-17(18)19/h6-7,12-15H,8-11,20H2,1-5H3/t15-/m0/s1. The van der Waals surface area contributed by atoms with Crippen molar-refractivity contribution in [1.82, 2.24) is 0 Å². The van der Waals surface area contributed by atoms with Gasteiger partial charge in [0.1, 0.15) is 5.82 Å². The van der Waals surface area contributed by atoms with Gasteiger partial charge in [-0.3, -0.25) is 0 Å². The Hall–Kier alpha value is -1.09. The Labute approximate surface area is 129 Å². The zero-order valence-electron chi connectivity index (χ0n) is 14.2. The number of halogens is 1. The fourth-order valence-electron chi connectivity index (χ4n) is 2.24. The van der Waals surface area contributed by atoms with Gasteiger partial charge in [0, 0.05) is 19.1 Å². The maximum Gasteiger partial charge on any atom is 0.146 e. The molecule has 1 rings (SSSR count). The minimum Gasteiger partial charge on any atom is -0.369 e. The van der Waals surface area contributed by atoms with E-state index in [1.807, 2.05) is 19.1 Å². The van der Waals surface area contributed by atoms with Crippen LogP contribution >= 0.6 is 0 Å². The zero-order valence-corrected chi connectivity index (χ0v) is 14.2. The van der Waals surface area contributed by atoms with Crippen molar-refractivity contribution in [2.24, 2.45) is 17.6 Å². The molecule has 1 aromatic rings. The van der Waals surface area contributed by atoms with Gasteiger partial charge in [0.25, 0.3) is 0 Å². The quantitative estimate of drug-likeness (QED) is 0.750. The van der Waals surface area contributed by atoms with E-state index in [1.165, 1.54) is 0 Å². The van der Waals surface area contributed by atoms with Gasteiger partial charge < -0.3 is 10.6 Å². The Kier molecular flexibility index (Phi) is 7.16. The highest BCUT2D eigenvalue weighted by Crippen LogP contribution is 2.24. The molecule has 0 heterocycles. The molecular weight excluding hydrogens is 263 g/mol. The van der Waals surface area contributed by atoms with Crippen molar-refractivity contribution in [3.63, 3.8) is 0 Å². The first kappa shape index (κ1) is 18.0. The lowest BCUT2D eigenvalue weighted by Crippen LogP contribution is -2.28. The minimum atomic E-state index is -0.155. The maximum absolute atomic E-state index is 14.4. The predicted octanol–water partition coefficient (Wildman–Crippen LogP) is 4.74. The van der Waals surface area contributed by atoms with Crippen molar-refractivity contribution in [1.29, 1.82) is 0 Å². The van der Waals surface area contributed by atoms with E-state index in [0.29, 0.717) is 17.5 Å². The van der Waals surface area contributed by atoms with Gasteiger partial charge in [-0.2, -0.15) is 0 Å². The van der Waals surface area contributed by atoms with E-state index in [9.17, 15) is 4.39 Å². The molecule has 2 nitrogen and oxygen atoms in total. The van der Waals surface area contributed by atoms with Crippen molar-refractivity contribution >= 4 is 5.69 Å². The van der Waals surface area contributed by atoms with Crippen LogP contribution in [0.2, 0.25) is 0 Å². The Balaban J connectivity index is 2.90. The summed E-state index contributed by atoms with van der Waals surface area (Å²) in [4.78, 5) is 2.18. The van der Waals surface area contributed by atoms with Crippen LogP contribution in [-0.2, 0) is 0 Å². The number of nitrogens with zero attached hydrogens (tertiary/aromatic N) is 1. The molecule has 0 radical (unpaired) electrons. The molecule has 21 heavy (non-hydrogen) atoms. The number of nitrogens with two attached hydrogens (primary N) is 1. The average molecular weight is 294 g/mol. The summed E-state index contributed by atoms with van der Waals surface area (Å²) in [6, 6.07) is 5.28. The Morgan fingerprint density at radius 1 is 1.00 bits per heavy atom. The van der Waals surface area contributed by atoms with Crippen LogP contribution in [0.4, 0.5) is 10.1 Å². The second-order valence-electron chi connectivity index (χ2n) is 6.85. The summed E-state index contributed by atoms with van der Waals surface area (Å²) in [6.45, 7) is 12.5. The van der Waals surface area contributed by atoms with E-state index in [-0.39, 0.29) is 11.9 Å². The SMILES string of the molecule is CC(C)CCN(CCC(C)C)c1ccc([C@H](C)N)cc1F. The summed E-state index contributed by atoms with van der Waals surface area (Å²) in [5.41, 5.74) is 7.39. The molecule has 0 aliphatic carbocycles. The summed E-state index contributed by atoms with van der Waals surface area (Å²) < 4.78 is 14.4. The molecular formula is C18H31FN2. The number of rotatable bonds is 8. The summed E-state index contributed by atoms with van der Waals surface area (Å²) in [5, 5.41) is 0. The van der Waals surface area contributed by atoms with E-state index in [0.717, 1.165) is 31.5 Å². The topological polar surface area (TPSA) is 29.3 Å². The molecule has 1 atom stereocenters. The number of benzene rings is 1. The van der Waals surface area contributed by atoms with Gasteiger partial charge >= 0.3 is 0 Å². The molecule has 0 unspecified atom stereocenters. The predicted molar refractivity (Wildman–Crippen MR) is 90.1 cm³/mol. The highest BCUT2D eigenvalue weighted by molar-refractivity contribution is 5.49. The average Bonchev–Trinajstić information content (AvgIpc) is 2.38. The van der Waals surface area contributed by atoms with Crippen molar-refractivity contribution in [3.8, 4) is 0 Å². The third-order valence-corrected chi connectivity index (χ3v) is 3.79. The number of anilines is 1. The normalized spacial score (nSPS) is 13.0. The van der Waals surface area contributed by atoms with Gasteiger partial charge in [0.2, 0.25) is 0 Å². The third-order valence-electron chi connectivity index (χ3n) is 3.79. The highest BCUT2D eigenvalue weighted by Gasteiger charge is 2.14. The first-order valence-electron chi connectivity index (χ1n) is 8.11. The highest BCUT2D eigenvalue weighted by atomic mass is 19.1. The van der Waals surface area contributed by atoms with Gasteiger partial charge in [0.05, 0.1) is 5.69 Å². The van der Waals surface area contributed by atoms with Crippen LogP contribution in [0.15, 0.2) is 18.2 Å². The molecule has 0 fully saturated rings. The molecule has 2 N–H and O–H groups in total. The van der Waals surface area contributed by atoms with Gasteiger partial charge in [-0.15, -0.1) is 0 Å². The summed E-state index contributed by atoms with van der Waals surface area (Å²) in [6.07, 6.45) is 2.15. The van der Waals surface area contributed by atoms with Gasteiger partial charge in [-0.05, 0) is 49.3 Å². The Morgan fingerprint density at radius 2 is 1.52 bits per heavy atom. The lowest BCUT2D eigenvalue weighted by molar-refractivity contribution is 0.526. The van der Waals surface area contributed by atoms with Gasteiger partial charge in [-0.1, -0.05) is 33.8 Å². The maximum atomic E-state index is 14.4. The second kappa shape index (κ2) is 8.38. The van der Waals surface area contributed by atoms with Crippen LogP contribution in [-0.4, -0.2) is 13.1 Å². The Morgan fingerprint density at radius 3 is 1.90 bits per heavy atom. The molecule has 1 aromatic carbocycles. The first-order chi connectivity index (χ1) is 9.81. The summed E-state index contributed by atoms with van der Waals surface area (Å²) in [7, 11) is 0. The van der Waals surface area contributed by atoms with Crippen LogP contribution in [0.3, 0.4) is 0 Å². The van der Waals surface area contributed by atoms with Crippen molar-refractivity contribution in [2.45, 2.75) is 53.5 Å². The summed E-state index contributed by atoms with van der Waals surface area (Å²) >= 11 is 0. The molecule has 0 aliphatic rings. The number of hydrogen-bond acceptors (Lipinski definition) is 2.